The Morgan fingerprint density at radius 2 is 1.62 bits per heavy atom. The van der Waals surface area contributed by atoms with E-state index in [4.69, 9.17) is 5.73 Å². The van der Waals surface area contributed by atoms with E-state index in [2.05, 4.69) is 51.7 Å². The van der Waals surface area contributed by atoms with Gasteiger partial charge in [0, 0.05) is 12.6 Å². The second-order valence-corrected chi connectivity index (χ2v) is 7.16. The van der Waals surface area contributed by atoms with E-state index >= 15 is 0 Å². The fraction of sp³-hybridized carbons (Fsp3) is 0.684. The Kier molecular flexibility index (Phi) is 5.45. The molecule has 2 N–H and O–H groups in total. The third-order valence-corrected chi connectivity index (χ3v) is 5.42. The molecule has 1 aliphatic rings. The number of piperidine rings is 1. The molecule has 1 unspecified atom stereocenters. The highest BCUT2D eigenvalue weighted by Gasteiger charge is 2.27. The van der Waals surface area contributed by atoms with Crippen molar-refractivity contribution in [1.82, 2.24) is 4.90 Å². The molecule has 2 nitrogen and oxygen atoms in total. The van der Waals surface area contributed by atoms with Crippen LogP contribution in [-0.2, 0) is 0 Å². The fourth-order valence-electron chi connectivity index (χ4n) is 3.71. The Balaban J connectivity index is 2.16. The standard InChI is InChI=1S/C19H32N2/c1-13(2)17-6-8-21(9-7-17)19(12-20)18-11-15(4)14(3)10-16(18)5/h10-11,13,17,19H,6-9,12,20H2,1-5H3. The maximum atomic E-state index is 6.15. The summed E-state index contributed by atoms with van der Waals surface area (Å²) in [5, 5.41) is 0. The third-order valence-electron chi connectivity index (χ3n) is 5.42. The maximum absolute atomic E-state index is 6.15. The lowest BCUT2D eigenvalue weighted by molar-refractivity contribution is 0.117. The summed E-state index contributed by atoms with van der Waals surface area (Å²) in [5.41, 5.74) is 11.7. The molecule has 0 aliphatic carbocycles. The molecule has 0 radical (unpaired) electrons. The van der Waals surface area contributed by atoms with Gasteiger partial charge in [0.25, 0.3) is 0 Å². The molecule has 2 rings (SSSR count). The molecule has 0 spiro atoms. The highest BCUT2D eigenvalue weighted by molar-refractivity contribution is 5.38. The Bertz CT molecular complexity index is 471. The van der Waals surface area contributed by atoms with Crippen molar-refractivity contribution in [1.29, 1.82) is 0 Å². The van der Waals surface area contributed by atoms with Crippen molar-refractivity contribution in [2.45, 2.75) is 53.5 Å². The van der Waals surface area contributed by atoms with E-state index in [9.17, 15) is 0 Å². The second kappa shape index (κ2) is 6.93. The molecule has 1 aromatic rings. The molecule has 1 atom stereocenters. The molecule has 0 saturated carbocycles. The molecule has 1 aromatic carbocycles. The van der Waals surface area contributed by atoms with Gasteiger partial charge in [0.2, 0.25) is 0 Å². The second-order valence-electron chi connectivity index (χ2n) is 7.16. The normalized spacial score (nSPS) is 19.2. The first-order valence-corrected chi connectivity index (χ1v) is 8.46. The van der Waals surface area contributed by atoms with Crippen LogP contribution in [0, 0.1) is 32.6 Å². The van der Waals surface area contributed by atoms with Gasteiger partial charge in [0.15, 0.2) is 0 Å². The quantitative estimate of drug-likeness (QED) is 0.908. The van der Waals surface area contributed by atoms with Crippen molar-refractivity contribution >= 4 is 0 Å². The van der Waals surface area contributed by atoms with Crippen LogP contribution in [0.15, 0.2) is 12.1 Å². The number of hydrogen-bond acceptors (Lipinski definition) is 2. The summed E-state index contributed by atoms with van der Waals surface area (Å²) >= 11 is 0. The molecule has 0 bridgehead atoms. The molecule has 1 aliphatic heterocycles. The molecular formula is C19H32N2. The van der Waals surface area contributed by atoms with Gasteiger partial charge in [0.05, 0.1) is 0 Å². The number of benzene rings is 1. The van der Waals surface area contributed by atoms with Crippen LogP contribution in [-0.4, -0.2) is 24.5 Å². The lowest BCUT2D eigenvalue weighted by atomic mass is 9.85. The van der Waals surface area contributed by atoms with Gasteiger partial charge >= 0.3 is 0 Å². The Hall–Kier alpha value is -0.860. The topological polar surface area (TPSA) is 29.3 Å². The van der Waals surface area contributed by atoms with Gasteiger partial charge in [-0.25, -0.2) is 0 Å². The van der Waals surface area contributed by atoms with Crippen molar-refractivity contribution in [2.75, 3.05) is 19.6 Å². The zero-order chi connectivity index (χ0) is 15.6. The maximum Gasteiger partial charge on any atom is 0.0473 e. The number of hydrogen-bond donors (Lipinski definition) is 1. The zero-order valence-electron chi connectivity index (χ0n) is 14.4. The summed E-state index contributed by atoms with van der Waals surface area (Å²) in [4.78, 5) is 2.61. The van der Waals surface area contributed by atoms with E-state index < -0.39 is 0 Å². The summed E-state index contributed by atoms with van der Waals surface area (Å²) in [5.74, 6) is 1.70. The number of nitrogens with two attached hydrogens (primary N) is 1. The average Bonchev–Trinajstić information content (AvgIpc) is 2.45. The first-order chi connectivity index (χ1) is 9.93. The molecule has 21 heavy (non-hydrogen) atoms. The van der Waals surface area contributed by atoms with Gasteiger partial charge in [-0.3, -0.25) is 4.90 Å². The van der Waals surface area contributed by atoms with Crippen molar-refractivity contribution in [3.63, 3.8) is 0 Å². The molecule has 1 fully saturated rings. The molecule has 1 saturated heterocycles. The van der Waals surface area contributed by atoms with Crippen LogP contribution in [0.4, 0.5) is 0 Å². The third kappa shape index (κ3) is 3.67. The Labute approximate surface area is 130 Å². The van der Waals surface area contributed by atoms with E-state index in [0.717, 1.165) is 18.4 Å². The van der Waals surface area contributed by atoms with Crippen molar-refractivity contribution < 1.29 is 0 Å². The lowest BCUT2D eigenvalue weighted by Crippen LogP contribution is -2.41. The highest BCUT2D eigenvalue weighted by atomic mass is 15.2. The summed E-state index contributed by atoms with van der Waals surface area (Å²) in [6.07, 6.45) is 2.64. The zero-order valence-corrected chi connectivity index (χ0v) is 14.4. The monoisotopic (exact) mass is 288 g/mol. The minimum atomic E-state index is 0.386. The van der Waals surface area contributed by atoms with E-state index in [-0.39, 0.29) is 0 Å². The van der Waals surface area contributed by atoms with Crippen LogP contribution >= 0.6 is 0 Å². The van der Waals surface area contributed by atoms with E-state index in [0.29, 0.717) is 6.04 Å². The molecule has 1 heterocycles. The Morgan fingerprint density at radius 1 is 1.05 bits per heavy atom. The lowest BCUT2D eigenvalue weighted by Gasteiger charge is -2.39. The van der Waals surface area contributed by atoms with Crippen LogP contribution in [0.2, 0.25) is 0 Å². The minimum Gasteiger partial charge on any atom is -0.329 e. The number of nitrogens with zero attached hydrogens (tertiary/aromatic N) is 1. The Morgan fingerprint density at radius 3 is 2.14 bits per heavy atom. The first kappa shape index (κ1) is 16.5. The van der Waals surface area contributed by atoms with Crippen LogP contribution in [0.25, 0.3) is 0 Å². The van der Waals surface area contributed by atoms with Gasteiger partial charge < -0.3 is 5.73 Å². The molecule has 0 aromatic heterocycles. The van der Waals surface area contributed by atoms with E-state index in [1.165, 1.54) is 48.2 Å². The van der Waals surface area contributed by atoms with Gasteiger partial charge in [-0.15, -0.1) is 0 Å². The van der Waals surface area contributed by atoms with E-state index in [1.807, 2.05) is 0 Å². The number of rotatable bonds is 4. The van der Waals surface area contributed by atoms with Gasteiger partial charge in [-0.1, -0.05) is 26.0 Å². The fourth-order valence-corrected chi connectivity index (χ4v) is 3.71. The summed E-state index contributed by atoms with van der Waals surface area (Å²) in [6.45, 7) is 14.4. The van der Waals surface area contributed by atoms with E-state index in [1.54, 1.807) is 0 Å². The van der Waals surface area contributed by atoms with Gasteiger partial charge in [-0.2, -0.15) is 0 Å². The van der Waals surface area contributed by atoms with Crippen LogP contribution in [0.5, 0.6) is 0 Å². The van der Waals surface area contributed by atoms with Gasteiger partial charge in [0.1, 0.15) is 0 Å². The van der Waals surface area contributed by atoms with Crippen molar-refractivity contribution in [3.05, 3.63) is 34.4 Å². The van der Waals surface area contributed by atoms with Crippen LogP contribution < -0.4 is 5.73 Å². The SMILES string of the molecule is Cc1cc(C)c(C(CN)N2CCC(C(C)C)CC2)cc1C. The minimum absolute atomic E-state index is 0.386. The molecule has 0 amide bonds. The summed E-state index contributed by atoms with van der Waals surface area (Å²) < 4.78 is 0. The largest absolute Gasteiger partial charge is 0.329 e. The highest BCUT2D eigenvalue weighted by Crippen LogP contribution is 2.31. The van der Waals surface area contributed by atoms with Crippen LogP contribution in [0.1, 0.15) is 55.0 Å². The van der Waals surface area contributed by atoms with Gasteiger partial charge in [-0.05, 0) is 80.8 Å². The predicted octanol–water partition coefficient (Wildman–Crippen LogP) is 3.98. The van der Waals surface area contributed by atoms with Crippen molar-refractivity contribution in [3.8, 4) is 0 Å². The average molecular weight is 288 g/mol. The smallest absolute Gasteiger partial charge is 0.0473 e. The van der Waals surface area contributed by atoms with Crippen LogP contribution in [0.3, 0.4) is 0 Å². The number of likely N-dealkylation sites (tertiary alicyclic amines) is 1. The number of aryl methyl sites for hydroxylation is 3. The molecular weight excluding hydrogens is 256 g/mol. The summed E-state index contributed by atoms with van der Waals surface area (Å²) in [7, 11) is 0. The molecule has 2 heteroatoms. The summed E-state index contributed by atoms with van der Waals surface area (Å²) in [6, 6.07) is 5.06. The molecule has 118 valence electrons. The first-order valence-electron chi connectivity index (χ1n) is 8.46. The van der Waals surface area contributed by atoms with Crippen molar-refractivity contribution in [2.24, 2.45) is 17.6 Å². The predicted molar refractivity (Wildman–Crippen MR) is 91.6 cm³/mol.